The van der Waals surface area contributed by atoms with E-state index in [2.05, 4.69) is 26.8 Å². The van der Waals surface area contributed by atoms with Gasteiger partial charge < -0.3 is 34.8 Å². The Morgan fingerprint density at radius 3 is 2.21 bits per heavy atom. The highest BCUT2D eigenvalue weighted by atomic mass is 16.7. The minimum absolute atomic E-state index is 0.0136. The first-order valence-corrected chi connectivity index (χ1v) is 14.2. The summed E-state index contributed by atoms with van der Waals surface area (Å²) in [6.07, 6.45) is 12.6. The number of likely N-dealkylation sites (tertiary alicyclic amines) is 1. The standard InChI is InChI=1S/C32H45NO9/c1-19(2)31(42-27-18-25(35)29(38)22(5)41-27)21(4)17-20(3)13-11-9-7-8-10-12-14-24(34)28-30(39)23(15-16-26(36)37)33(6)32(28)40/h7-14,17,19,21-23,25,27,29,31,34-35,38H,15-16,18H2,1-6H3,(H,36,37)/b9-7+,10-8+,13-11+,14-12+,20-17+,28-24+/t21?,22-,23+,25+,27?,29-,31?/m1/s1. The van der Waals surface area contributed by atoms with E-state index in [4.69, 9.17) is 14.6 Å². The van der Waals surface area contributed by atoms with Crippen LogP contribution in [0.2, 0.25) is 0 Å². The summed E-state index contributed by atoms with van der Waals surface area (Å²) in [5.74, 6) is -2.47. The zero-order valence-corrected chi connectivity index (χ0v) is 25.2. The average Bonchev–Trinajstić information content (AvgIpc) is 3.12. The predicted molar refractivity (Wildman–Crippen MR) is 158 cm³/mol. The van der Waals surface area contributed by atoms with Gasteiger partial charge in [-0.2, -0.15) is 0 Å². The minimum Gasteiger partial charge on any atom is -0.507 e. The summed E-state index contributed by atoms with van der Waals surface area (Å²) in [7, 11) is 1.41. The van der Waals surface area contributed by atoms with Crippen molar-refractivity contribution in [1.82, 2.24) is 4.90 Å². The zero-order chi connectivity index (χ0) is 31.6. The highest BCUT2D eigenvalue weighted by Crippen LogP contribution is 2.28. The summed E-state index contributed by atoms with van der Waals surface area (Å²) in [6, 6.07) is -0.896. The topological polar surface area (TPSA) is 154 Å². The van der Waals surface area contributed by atoms with Gasteiger partial charge in [0.05, 0.1) is 24.4 Å². The first kappa shape index (κ1) is 34.9. The number of ketones is 1. The van der Waals surface area contributed by atoms with Crippen LogP contribution in [-0.2, 0) is 23.9 Å². The van der Waals surface area contributed by atoms with Gasteiger partial charge in [-0.05, 0) is 32.3 Å². The molecule has 2 aliphatic heterocycles. The number of ether oxygens (including phenoxy) is 2. The molecule has 0 aromatic carbocycles. The number of aliphatic carboxylic acids is 1. The molecule has 232 valence electrons. The van der Waals surface area contributed by atoms with Crippen LogP contribution in [0, 0.1) is 11.8 Å². The molecule has 42 heavy (non-hydrogen) atoms. The van der Waals surface area contributed by atoms with Crippen LogP contribution in [0.25, 0.3) is 0 Å². The fraction of sp³-hybridized carbons (Fsp3) is 0.531. The lowest BCUT2D eigenvalue weighted by Crippen LogP contribution is -2.49. The maximum absolute atomic E-state index is 12.5. The normalized spacial score (nSPS) is 28.7. The molecule has 1 amide bonds. The molecule has 2 saturated heterocycles. The molecule has 0 spiro atoms. The number of carboxylic acids is 1. The van der Waals surface area contributed by atoms with E-state index < -0.39 is 54.1 Å². The largest absolute Gasteiger partial charge is 0.507 e. The third kappa shape index (κ3) is 9.90. The van der Waals surface area contributed by atoms with Crippen molar-refractivity contribution in [2.45, 2.75) is 90.6 Å². The summed E-state index contributed by atoms with van der Waals surface area (Å²) in [6.45, 7) is 9.91. The lowest BCUT2D eigenvalue weighted by atomic mass is 9.92. The molecule has 0 radical (unpaired) electrons. The minimum atomic E-state index is -1.06. The van der Waals surface area contributed by atoms with Crippen molar-refractivity contribution in [2.24, 2.45) is 11.8 Å². The molecule has 10 nitrogen and oxygen atoms in total. The van der Waals surface area contributed by atoms with Crippen LogP contribution in [0.1, 0.15) is 53.9 Å². The summed E-state index contributed by atoms with van der Waals surface area (Å²) in [5, 5.41) is 39.1. The smallest absolute Gasteiger partial charge is 0.303 e. The molecule has 10 heteroatoms. The van der Waals surface area contributed by atoms with Crippen molar-refractivity contribution in [2.75, 3.05) is 7.05 Å². The highest BCUT2D eigenvalue weighted by molar-refractivity contribution is 6.27. The van der Waals surface area contributed by atoms with E-state index in [9.17, 15) is 29.7 Å². The molecule has 7 atom stereocenters. The number of carboxylic acid groups (broad SMARTS) is 1. The summed E-state index contributed by atoms with van der Waals surface area (Å²) < 4.78 is 11.9. The average molecular weight is 588 g/mol. The van der Waals surface area contributed by atoms with Crippen molar-refractivity contribution in [3.05, 3.63) is 71.6 Å². The Morgan fingerprint density at radius 1 is 1.05 bits per heavy atom. The second kappa shape index (κ2) is 16.4. The third-order valence-corrected chi connectivity index (χ3v) is 7.29. The zero-order valence-electron chi connectivity index (χ0n) is 25.2. The van der Waals surface area contributed by atoms with E-state index in [1.165, 1.54) is 19.2 Å². The van der Waals surface area contributed by atoms with E-state index in [0.29, 0.717) is 0 Å². The molecular weight excluding hydrogens is 542 g/mol. The lowest BCUT2D eigenvalue weighted by molar-refractivity contribution is -0.267. The van der Waals surface area contributed by atoms with Crippen LogP contribution in [0.3, 0.4) is 0 Å². The maximum atomic E-state index is 12.5. The summed E-state index contributed by atoms with van der Waals surface area (Å²) in [5.41, 5.74) is 0.697. The fourth-order valence-electron chi connectivity index (χ4n) is 5.02. The number of aliphatic hydroxyl groups is 3. The first-order valence-electron chi connectivity index (χ1n) is 14.2. The lowest BCUT2D eigenvalue weighted by Gasteiger charge is -2.38. The molecule has 2 aliphatic rings. The Morgan fingerprint density at radius 2 is 1.64 bits per heavy atom. The number of carbonyl (C=O) groups is 3. The molecule has 0 aliphatic carbocycles. The number of rotatable bonds is 13. The van der Waals surface area contributed by atoms with Gasteiger partial charge in [0.25, 0.3) is 5.91 Å². The number of allylic oxidation sites excluding steroid dienone is 9. The maximum Gasteiger partial charge on any atom is 0.303 e. The van der Waals surface area contributed by atoms with Crippen LogP contribution < -0.4 is 0 Å². The predicted octanol–water partition coefficient (Wildman–Crippen LogP) is 3.78. The van der Waals surface area contributed by atoms with Gasteiger partial charge in [0.15, 0.2) is 12.1 Å². The van der Waals surface area contributed by atoms with Crippen molar-refractivity contribution < 1.29 is 44.3 Å². The Kier molecular flexibility index (Phi) is 13.6. The molecule has 3 unspecified atom stereocenters. The Labute approximate surface area is 248 Å². The van der Waals surface area contributed by atoms with Crippen LogP contribution in [0.15, 0.2) is 71.6 Å². The summed E-state index contributed by atoms with van der Waals surface area (Å²) >= 11 is 0. The Balaban J connectivity index is 1.92. The number of hydrogen-bond acceptors (Lipinski definition) is 8. The molecule has 0 bridgehead atoms. The van der Waals surface area contributed by atoms with Gasteiger partial charge in [-0.15, -0.1) is 0 Å². The Hall–Kier alpha value is -3.31. The first-order chi connectivity index (χ1) is 19.7. The number of likely N-dealkylation sites (N-methyl/N-ethyl adjacent to an activating group) is 1. The fourth-order valence-corrected chi connectivity index (χ4v) is 5.02. The van der Waals surface area contributed by atoms with Crippen molar-refractivity contribution in [3.63, 3.8) is 0 Å². The number of carbonyl (C=O) groups excluding carboxylic acids is 2. The number of hydrogen-bond donors (Lipinski definition) is 4. The van der Waals surface area contributed by atoms with Gasteiger partial charge in [-0.1, -0.05) is 75.0 Å². The molecule has 0 saturated carbocycles. The van der Waals surface area contributed by atoms with Crippen LogP contribution in [0.5, 0.6) is 0 Å². The van der Waals surface area contributed by atoms with E-state index in [1.54, 1.807) is 25.2 Å². The highest BCUT2D eigenvalue weighted by Gasteiger charge is 2.42. The van der Waals surface area contributed by atoms with Gasteiger partial charge in [-0.25, -0.2) is 0 Å². The van der Waals surface area contributed by atoms with Gasteiger partial charge in [0, 0.05) is 25.8 Å². The summed E-state index contributed by atoms with van der Waals surface area (Å²) in [4.78, 5) is 36.9. The quantitative estimate of drug-likeness (QED) is 0.109. The number of nitrogens with zero attached hydrogens (tertiary/aromatic N) is 1. The number of amides is 1. The SMILES string of the molecule is CC(/C=C/C=C/C=C/C=C/C(O)=C1/C(=O)[C@H](CCC(=O)O)N(C)C1=O)=C\C(C)C(OC1C[C@H](O)[C@H](O)[C@@H](C)O1)C(C)C. The third-order valence-electron chi connectivity index (χ3n) is 7.29. The van der Waals surface area contributed by atoms with Crippen LogP contribution in [0.4, 0.5) is 0 Å². The van der Waals surface area contributed by atoms with E-state index in [0.717, 1.165) is 10.5 Å². The van der Waals surface area contributed by atoms with Gasteiger partial charge >= 0.3 is 5.97 Å². The molecule has 2 heterocycles. The van der Waals surface area contributed by atoms with Gasteiger partial charge in [0.2, 0.25) is 0 Å². The second-order valence-electron chi connectivity index (χ2n) is 11.2. The molecular formula is C32H45NO9. The number of aliphatic hydroxyl groups excluding tert-OH is 3. The molecule has 4 N–H and O–H groups in total. The van der Waals surface area contributed by atoms with E-state index in [1.807, 2.05) is 25.2 Å². The van der Waals surface area contributed by atoms with Gasteiger partial charge in [-0.3, -0.25) is 14.4 Å². The van der Waals surface area contributed by atoms with E-state index in [-0.39, 0.29) is 42.8 Å². The molecule has 2 rings (SSSR count). The van der Waals surface area contributed by atoms with Crippen molar-refractivity contribution >= 4 is 17.7 Å². The van der Waals surface area contributed by atoms with Crippen molar-refractivity contribution in [3.8, 4) is 0 Å². The second-order valence-corrected chi connectivity index (χ2v) is 11.2. The number of Topliss-reactive ketones (excluding diaryl/α,β-unsaturated/α-hetero) is 1. The van der Waals surface area contributed by atoms with Crippen molar-refractivity contribution in [1.29, 1.82) is 0 Å². The Bertz CT molecular complexity index is 1130. The van der Waals surface area contributed by atoms with E-state index >= 15 is 0 Å². The molecule has 0 aromatic rings. The van der Waals surface area contributed by atoms with Gasteiger partial charge in [0.1, 0.15) is 17.4 Å². The van der Waals surface area contributed by atoms with Crippen LogP contribution in [-0.4, -0.2) is 86.8 Å². The van der Waals surface area contributed by atoms with Crippen LogP contribution >= 0.6 is 0 Å². The monoisotopic (exact) mass is 587 g/mol. The molecule has 0 aromatic heterocycles. The molecule has 2 fully saturated rings.